The monoisotopic (exact) mass is 253 g/mol. The molecule has 2 N–H and O–H groups in total. The van der Waals surface area contributed by atoms with Gasteiger partial charge in [0.2, 0.25) is 0 Å². The fourth-order valence-electron chi connectivity index (χ4n) is 0.0645. The normalized spacial score (nSPS) is 8.60. The van der Waals surface area contributed by atoms with Crippen molar-refractivity contribution >= 4 is 0 Å². The Balaban J connectivity index is 2.19. The van der Waals surface area contributed by atoms with Crippen LogP contribution in [0, 0.1) is 0 Å². The molecule has 0 heterocycles. The van der Waals surface area contributed by atoms with Gasteiger partial charge in [-0.1, -0.05) is 0 Å². The van der Waals surface area contributed by atoms with Crippen LogP contribution in [-0.2, 0) is 19.8 Å². The average Bonchev–Trinajstić information content (AvgIpc) is 1.41. The standard InChI is InChI=1S/C3H8N.Pt/c1-2-3-4;/h1-4H2;. The summed E-state index contributed by atoms with van der Waals surface area (Å²) in [4.78, 5) is 1.19. The van der Waals surface area contributed by atoms with Gasteiger partial charge in [-0.25, -0.2) is 0 Å². The first-order valence-electron chi connectivity index (χ1n) is 1.63. The average molecular weight is 253 g/mol. The third-order valence-electron chi connectivity index (χ3n) is 0.316. The van der Waals surface area contributed by atoms with E-state index < -0.39 is 0 Å². The van der Waals surface area contributed by atoms with Crippen molar-refractivity contribution in [2.24, 2.45) is 5.73 Å². The molecule has 0 atom stereocenters. The molecule has 0 aliphatic heterocycles. The van der Waals surface area contributed by atoms with E-state index in [9.17, 15) is 0 Å². The molecule has 0 rings (SSSR count). The van der Waals surface area contributed by atoms with Crippen LogP contribution in [0.1, 0.15) is 6.42 Å². The van der Waals surface area contributed by atoms with Crippen molar-refractivity contribution in [1.29, 1.82) is 0 Å². The summed E-state index contributed by atoms with van der Waals surface area (Å²) in [6.45, 7) is 0.837. The third-order valence-corrected chi connectivity index (χ3v) is 1.12. The molecule has 2 heteroatoms. The second kappa shape index (κ2) is 4.65. The van der Waals surface area contributed by atoms with Gasteiger partial charge in [0.25, 0.3) is 0 Å². The van der Waals surface area contributed by atoms with E-state index in [1.54, 1.807) is 0 Å². The van der Waals surface area contributed by atoms with Gasteiger partial charge in [0.1, 0.15) is 0 Å². The van der Waals surface area contributed by atoms with E-state index in [-0.39, 0.29) is 0 Å². The molecule has 5 heavy (non-hydrogen) atoms. The Labute approximate surface area is 43.8 Å². The second-order valence-electron chi connectivity index (χ2n) is 0.800. The topological polar surface area (TPSA) is 26.0 Å². The van der Waals surface area contributed by atoms with Crippen LogP contribution in [0.2, 0.25) is 4.81 Å². The van der Waals surface area contributed by atoms with E-state index in [0.29, 0.717) is 0 Å². The van der Waals surface area contributed by atoms with Crippen LogP contribution < -0.4 is 5.73 Å². The van der Waals surface area contributed by atoms with Crippen molar-refractivity contribution in [3.63, 3.8) is 0 Å². The van der Waals surface area contributed by atoms with Gasteiger partial charge >= 0.3 is 43.3 Å². The molecule has 0 saturated carbocycles. The van der Waals surface area contributed by atoms with Gasteiger partial charge in [-0.3, -0.25) is 0 Å². The minimum atomic E-state index is 0.837. The van der Waals surface area contributed by atoms with Crippen molar-refractivity contribution in [3.8, 4) is 0 Å². The molecule has 0 aromatic heterocycles. The predicted molar refractivity (Wildman–Crippen MR) is 18.5 cm³/mol. The number of rotatable bonds is 2. The zero-order valence-electron chi connectivity index (χ0n) is 3.01. The van der Waals surface area contributed by atoms with Crippen molar-refractivity contribution in [1.82, 2.24) is 0 Å². The molecule has 35 valence electrons. The summed E-state index contributed by atoms with van der Waals surface area (Å²) in [5, 5.41) is 0. The molecule has 0 radical (unpaired) electrons. The summed E-state index contributed by atoms with van der Waals surface area (Å²) in [6.07, 6.45) is 1.15. The van der Waals surface area contributed by atoms with E-state index in [4.69, 9.17) is 5.73 Å². The fraction of sp³-hybridized carbons (Fsp3) is 1.00. The van der Waals surface area contributed by atoms with Crippen molar-refractivity contribution in [2.75, 3.05) is 6.54 Å². The fourth-order valence-corrected chi connectivity index (χ4v) is 0.528. The maximum absolute atomic E-state index is 5.13. The third kappa shape index (κ3) is 4.65. The Bertz CT molecular complexity index is 14.4. The Hall–Kier alpha value is 0.648. The van der Waals surface area contributed by atoms with E-state index in [2.05, 4.69) is 19.8 Å². The molecule has 0 amide bonds. The number of nitrogens with two attached hydrogens (primary N) is 1. The Morgan fingerprint density at radius 1 is 1.60 bits per heavy atom. The molecule has 0 spiro atoms. The first-order valence-corrected chi connectivity index (χ1v) is 3.24. The van der Waals surface area contributed by atoms with Crippen LogP contribution in [0.4, 0.5) is 0 Å². The van der Waals surface area contributed by atoms with Crippen LogP contribution >= 0.6 is 0 Å². The molecule has 1 nitrogen and oxygen atoms in total. The second-order valence-corrected chi connectivity index (χ2v) is 1.94. The van der Waals surface area contributed by atoms with Crippen molar-refractivity contribution in [3.05, 3.63) is 0 Å². The van der Waals surface area contributed by atoms with Gasteiger partial charge in [-0.2, -0.15) is 0 Å². The quantitative estimate of drug-likeness (QED) is 0.752. The van der Waals surface area contributed by atoms with Gasteiger partial charge in [0.15, 0.2) is 0 Å². The molecule has 0 aromatic rings. The summed E-state index contributed by atoms with van der Waals surface area (Å²) in [6, 6.07) is 0. The van der Waals surface area contributed by atoms with E-state index in [0.717, 1.165) is 13.0 Å². The van der Waals surface area contributed by atoms with E-state index in [1.807, 2.05) is 0 Å². The maximum atomic E-state index is 5.13. The SMILES string of the molecule is NCC[CH2][Pt]. The molecule has 0 aromatic carbocycles. The van der Waals surface area contributed by atoms with Crippen molar-refractivity contribution in [2.45, 2.75) is 11.2 Å². The molecular formula is C3H8NPt. The summed E-state index contributed by atoms with van der Waals surface area (Å²) >= 11 is 2.29. The summed E-state index contributed by atoms with van der Waals surface area (Å²) in [5.41, 5.74) is 5.13. The van der Waals surface area contributed by atoms with Gasteiger partial charge in [0, 0.05) is 0 Å². The molecule has 0 aliphatic rings. The van der Waals surface area contributed by atoms with Gasteiger partial charge in [-0.05, 0) is 0 Å². The zero-order chi connectivity index (χ0) is 4.12. The predicted octanol–water partition coefficient (Wildman–Crippen LogP) is 0.300. The summed E-state index contributed by atoms with van der Waals surface area (Å²) < 4.78 is 0. The van der Waals surface area contributed by atoms with Crippen LogP contribution in [-0.4, -0.2) is 6.54 Å². The summed E-state index contributed by atoms with van der Waals surface area (Å²) in [5.74, 6) is 0. The minimum absolute atomic E-state index is 0.837. The molecule has 0 bridgehead atoms. The van der Waals surface area contributed by atoms with Gasteiger partial charge in [0.05, 0.1) is 0 Å². The molecule has 0 fully saturated rings. The molecule has 0 saturated heterocycles. The summed E-state index contributed by atoms with van der Waals surface area (Å²) in [7, 11) is 0. The van der Waals surface area contributed by atoms with Crippen molar-refractivity contribution < 1.29 is 19.8 Å². The van der Waals surface area contributed by atoms with Crippen LogP contribution in [0.25, 0.3) is 0 Å². The first kappa shape index (κ1) is 5.65. The van der Waals surface area contributed by atoms with Crippen LogP contribution in [0.15, 0.2) is 0 Å². The van der Waals surface area contributed by atoms with E-state index in [1.165, 1.54) is 4.81 Å². The zero-order valence-corrected chi connectivity index (χ0v) is 5.29. The van der Waals surface area contributed by atoms with Gasteiger partial charge in [-0.15, -0.1) is 0 Å². The first-order chi connectivity index (χ1) is 2.41. The number of hydrogen-bond donors (Lipinski definition) is 1. The molecule has 0 unspecified atom stereocenters. The Morgan fingerprint density at radius 3 is 2.20 bits per heavy atom. The van der Waals surface area contributed by atoms with Crippen LogP contribution in [0.5, 0.6) is 0 Å². The Morgan fingerprint density at radius 2 is 2.20 bits per heavy atom. The molecular weight excluding hydrogens is 245 g/mol. The van der Waals surface area contributed by atoms with Gasteiger partial charge < -0.3 is 0 Å². The Kier molecular flexibility index (Phi) is 5.25. The van der Waals surface area contributed by atoms with E-state index >= 15 is 0 Å². The number of hydrogen-bond acceptors (Lipinski definition) is 1. The molecule has 0 aliphatic carbocycles. The van der Waals surface area contributed by atoms with Crippen LogP contribution in [0.3, 0.4) is 0 Å².